The van der Waals surface area contributed by atoms with Gasteiger partial charge in [0, 0.05) is 19.0 Å². The van der Waals surface area contributed by atoms with Crippen LogP contribution in [0.3, 0.4) is 0 Å². The van der Waals surface area contributed by atoms with Crippen LogP contribution in [0.25, 0.3) is 11.3 Å². The molecule has 0 unspecified atom stereocenters. The topological polar surface area (TPSA) is 50.4 Å². The third-order valence-corrected chi connectivity index (χ3v) is 4.73. The van der Waals surface area contributed by atoms with Gasteiger partial charge in [0.05, 0.1) is 30.7 Å². The van der Waals surface area contributed by atoms with Gasteiger partial charge in [0.25, 0.3) is 0 Å². The van der Waals surface area contributed by atoms with Gasteiger partial charge in [-0.05, 0) is 31.9 Å². The smallest absolute Gasteiger partial charge is 0.170 e. The van der Waals surface area contributed by atoms with E-state index in [0.29, 0.717) is 12.5 Å². The number of hydrogen-bond acceptors (Lipinski definition) is 4. The maximum atomic E-state index is 5.86. The van der Waals surface area contributed by atoms with E-state index in [1.165, 1.54) is 24.2 Å². The highest BCUT2D eigenvalue weighted by atomic mass is 16.5. The molecule has 3 aliphatic heterocycles. The van der Waals surface area contributed by atoms with E-state index in [2.05, 4.69) is 21.2 Å². The van der Waals surface area contributed by atoms with E-state index >= 15 is 0 Å². The zero-order chi connectivity index (χ0) is 15.1. The van der Waals surface area contributed by atoms with Crippen LogP contribution in [0.15, 0.2) is 18.2 Å². The van der Waals surface area contributed by atoms with Gasteiger partial charge in [-0.15, -0.1) is 0 Å². The Bertz CT molecular complexity index is 687. The van der Waals surface area contributed by atoms with Crippen molar-refractivity contribution in [3.8, 4) is 22.8 Å². The Labute approximate surface area is 130 Å². The van der Waals surface area contributed by atoms with Gasteiger partial charge in [-0.2, -0.15) is 5.10 Å². The fourth-order valence-corrected chi connectivity index (χ4v) is 3.69. The normalized spacial score (nSPS) is 16.7. The van der Waals surface area contributed by atoms with Crippen molar-refractivity contribution in [3.63, 3.8) is 0 Å². The van der Waals surface area contributed by atoms with E-state index in [-0.39, 0.29) is 0 Å². The van der Waals surface area contributed by atoms with Crippen molar-refractivity contribution >= 4 is 5.69 Å². The van der Waals surface area contributed by atoms with Crippen LogP contribution in [-0.4, -0.2) is 37.0 Å². The molecule has 0 spiro atoms. The minimum Gasteiger partial charge on any atom is -0.493 e. The van der Waals surface area contributed by atoms with Crippen molar-refractivity contribution in [2.75, 3.05) is 31.7 Å². The molecule has 0 aliphatic carbocycles. The molecule has 5 nitrogen and oxygen atoms in total. The maximum absolute atomic E-state index is 5.86. The van der Waals surface area contributed by atoms with Crippen molar-refractivity contribution in [2.45, 2.75) is 25.7 Å². The van der Waals surface area contributed by atoms with E-state index in [1.807, 2.05) is 19.1 Å². The van der Waals surface area contributed by atoms with E-state index in [4.69, 9.17) is 9.47 Å². The summed E-state index contributed by atoms with van der Waals surface area (Å²) in [7, 11) is 1.67. The largest absolute Gasteiger partial charge is 0.493 e. The van der Waals surface area contributed by atoms with Crippen molar-refractivity contribution in [3.05, 3.63) is 23.9 Å². The quantitative estimate of drug-likeness (QED) is 0.942. The molecular formula is C17H21N3O2. The molecule has 0 atom stereocenters. The molecule has 1 N–H and O–H groups in total. The third kappa shape index (κ3) is 1.88. The number of nitrogens with zero attached hydrogens (tertiary/aromatic N) is 2. The SMILES string of the molecule is CCOc1c(OC)cccc1-c1n[nH]c2c1N1CCC2CC1. The number of aromatic nitrogens is 2. The van der Waals surface area contributed by atoms with Gasteiger partial charge >= 0.3 is 0 Å². The number of ether oxygens (including phenoxy) is 2. The first kappa shape index (κ1) is 13.5. The molecule has 116 valence electrons. The highest BCUT2D eigenvalue weighted by molar-refractivity contribution is 5.83. The molecule has 22 heavy (non-hydrogen) atoms. The lowest BCUT2D eigenvalue weighted by molar-refractivity contribution is 0.312. The van der Waals surface area contributed by atoms with Crippen molar-refractivity contribution in [2.24, 2.45) is 0 Å². The van der Waals surface area contributed by atoms with Crippen molar-refractivity contribution in [1.29, 1.82) is 0 Å². The number of nitrogens with one attached hydrogen (secondary N) is 1. The number of benzene rings is 1. The molecule has 5 heteroatoms. The lowest BCUT2D eigenvalue weighted by Gasteiger charge is -2.40. The molecular weight excluding hydrogens is 278 g/mol. The average Bonchev–Trinajstić information content (AvgIpc) is 3.03. The summed E-state index contributed by atoms with van der Waals surface area (Å²) in [6, 6.07) is 5.99. The highest BCUT2D eigenvalue weighted by Gasteiger charge is 2.36. The number of piperidine rings is 1. The molecule has 1 aromatic carbocycles. The molecule has 4 heterocycles. The Hall–Kier alpha value is -2.17. The second-order valence-corrected chi connectivity index (χ2v) is 5.87. The number of rotatable bonds is 4. The minimum atomic E-state index is 0.603. The maximum Gasteiger partial charge on any atom is 0.170 e. The van der Waals surface area contributed by atoms with E-state index < -0.39 is 0 Å². The summed E-state index contributed by atoms with van der Waals surface area (Å²) in [5, 5.41) is 7.90. The van der Waals surface area contributed by atoms with Gasteiger partial charge in [0.2, 0.25) is 0 Å². The summed E-state index contributed by atoms with van der Waals surface area (Å²) in [5.41, 5.74) is 4.54. The predicted molar refractivity (Wildman–Crippen MR) is 85.9 cm³/mol. The Morgan fingerprint density at radius 2 is 2.14 bits per heavy atom. The van der Waals surface area contributed by atoms with Crippen molar-refractivity contribution in [1.82, 2.24) is 10.2 Å². The number of aromatic amines is 1. The lowest BCUT2D eigenvalue weighted by Crippen LogP contribution is -2.38. The molecule has 5 rings (SSSR count). The van der Waals surface area contributed by atoms with Crippen LogP contribution in [0.2, 0.25) is 0 Å². The fourth-order valence-electron chi connectivity index (χ4n) is 3.69. The standard InChI is InChI=1S/C17H21N3O2/c1-3-22-17-12(5-4-6-13(17)21-2)15-16-14(18-19-15)11-7-9-20(16)10-8-11/h4-6,11H,3,7-10H2,1-2H3,(H,18,19). The molecule has 2 aromatic rings. The zero-order valence-corrected chi connectivity index (χ0v) is 13.1. The van der Waals surface area contributed by atoms with Gasteiger partial charge in [-0.25, -0.2) is 0 Å². The number of para-hydroxylation sites is 1. The van der Waals surface area contributed by atoms with Crippen LogP contribution in [0.5, 0.6) is 11.5 Å². The zero-order valence-electron chi connectivity index (χ0n) is 13.1. The first-order chi connectivity index (χ1) is 10.8. The van der Waals surface area contributed by atoms with E-state index in [1.54, 1.807) is 7.11 Å². The number of anilines is 1. The molecule has 1 saturated heterocycles. The van der Waals surface area contributed by atoms with Gasteiger partial charge in [-0.1, -0.05) is 6.07 Å². The highest BCUT2D eigenvalue weighted by Crippen LogP contribution is 2.48. The van der Waals surface area contributed by atoms with Gasteiger partial charge in [0.1, 0.15) is 5.69 Å². The van der Waals surface area contributed by atoms with Crippen LogP contribution >= 0.6 is 0 Å². The van der Waals surface area contributed by atoms with Crippen LogP contribution in [-0.2, 0) is 0 Å². The summed E-state index contributed by atoms with van der Waals surface area (Å²) >= 11 is 0. The van der Waals surface area contributed by atoms with Crippen molar-refractivity contribution < 1.29 is 9.47 Å². The average molecular weight is 299 g/mol. The Morgan fingerprint density at radius 1 is 1.32 bits per heavy atom. The molecule has 2 bridgehead atoms. The first-order valence-electron chi connectivity index (χ1n) is 7.96. The number of fused-ring (bicyclic) bond motifs is 2. The van der Waals surface area contributed by atoms with Gasteiger partial charge < -0.3 is 14.4 Å². The summed E-state index contributed by atoms with van der Waals surface area (Å²) in [6.45, 7) is 4.84. The molecule has 0 saturated carbocycles. The molecule has 0 radical (unpaired) electrons. The van der Waals surface area contributed by atoms with Crippen LogP contribution in [0.4, 0.5) is 5.69 Å². The number of H-pyrrole nitrogens is 1. The monoisotopic (exact) mass is 299 g/mol. The minimum absolute atomic E-state index is 0.603. The lowest BCUT2D eigenvalue weighted by atomic mass is 9.86. The second kappa shape index (κ2) is 5.23. The van der Waals surface area contributed by atoms with Crippen LogP contribution < -0.4 is 14.4 Å². The van der Waals surface area contributed by atoms with Crippen LogP contribution in [0, 0.1) is 0 Å². The van der Waals surface area contributed by atoms with Gasteiger partial charge in [0.15, 0.2) is 11.5 Å². The summed E-state index contributed by atoms with van der Waals surface area (Å²) in [4.78, 5) is 2.45. The second-order valence-electron chi connectivity index (χ2n) is 5.87. The Kier molecular flexibility index (Phi) is 3.21. The van der Waals surface area contributed by atoms with E-state index in [9.17, 15) is 0 Å². The Balaban J connectivity index is 1.87. The van der Waals surface area contributed by atoms with Crippen LogP contribution in [0.1, 0.15) is 31.4 Å². The van der Waals surface area contributed by atoms with Gasteiger partial charge in [-0.3, -0.25) is 5.10 Å². The number of hydrogen-bond donors (Lipinski definition) is 1. The van der Waals surface area contributed by atoms with E-state index in [0.717, 1.165) is 35.8 Å². The number of methoxy groups -OCH3 is 1. The predicted octanol–water partition coefficient (Wildman–Crippen LogP) is 3.18. The molecule has 3 aliphatic rings. The fraction of sp³-hybridized carbons (Fsp3) is 0.471. The summed E-state index contributed by atoms with van der Waals surface area (Å²) < 4.78 is 11.3. The molecule has 1 fully saturated rings. The molecule has 1 aromatic heterocycles. The Morgan fingerprint density at radius 3 is 2.86 bits per heavy atom. The third-order valence-electron chi connectivity index (χ3n) is 4.73. The summed E-state index contributed by atoms with van der Waals surface area (Å²) in [5.74, 6) is 2.17. The first-order valence-corrected chi connectivity index (χ1v) is 7.96. The summed E-state index contributed by atoms with van der Waals surface area (Å²) in [6.07, 6.45) is 2.45. The molecule has 0 amide bonds.